The predicted molar refractivity (Wildman–Crippen MR) is 69.1 cm³/mol. The van der Waals surface area contributed by atoms with Crippen LogP contribution in [0.4, 0.5) is 0 Å². The van der Waals surface area contributed by atoms with Gasteiger partial charge >= 0.3 is 0 Å². The third-order valence-corrected chi connectivity index (χ3v) is 3.06. The van der Waals surface area contributed by atoms with E-state index in [1.54, 1.807) is 0 Å². The van der Waals surface area contributed by atoms with Crippen LogP contribution in [0.3, 0.4) is 0 Å². The molecule has 4 nitrogen and oxygen atoms in total. The van der Waals surface area contributed by atoms with Crippen molar-refractivity contribution >= 4 is 0 Å². The first-order chi connectivity index (χ1) is 8.75. The highest BCUT2D eigenvalue weighted by Gasteiger charge is 2.18. The number of fused-ring (bicyclic) bond motifs is 1. The first-order valence-electron chi connectivity index (χ1n) is 6.20. The van der Waals surface area contributed by atoms with E-state index in [0.717, 1.165) is 28.5 Å². The van der Waals surface area contributed by atoms with Gasteiger partial charge in [-0.05, 0) is 24.1 Å². The van der Waals surface area contributed by atoms with Crippen LogP contribution >= 0.6 is 0 Å². The minimum absolute atomic E-state index is 0.433. The molecule has 94 valence electrons. The summed E-state index contributed by atoms with van der Waals surface area (Å²) in [5.41, 5.74) is 3.01. The summed E-state index contributed by atoms with van der Waals surface area (Å²) >= 11 is 0. The molecule has 0 bridgehead atoms. The zero-order valence-corrected chi connectivity index (χ0v) is 10.6. The van der Waals surface area contributed by atoms with Gasteiger partial charge in [0.25, 0.3) is 0 Å². The van der Waals surface area contributed by atoms with Crippen LogP contribution in [-0.2, 0) is 0 Å². The van der Waals surface area contributed by atoms with Crippen molar-refractivity contribution in [2.24, 2.45) is 0 Å². The van der Waals surface area contributed by atoms with E-state index >= 15 is 0 Å². The molecule has 1 aliphatic heterocycles. The number of H-pyrrole nitrogens is 1. The second-order valence-corrected chi connectivity index (χ2v) is 4.69. The normalized spacial score (nSPS) is 13.9. The van der Waals surface area contributed by atoms with Gasteiger partial charge in [0.15, 0.2) is 11.5 Å². The molecule has 1 aromatic carbocycles. The summed E-state index contributed by atoms with van der Waals surface area (Å²) in [6, 6.07) is 7.96. The maximum atomic E-state index is 5.70. The van der Waals surface area contributed by atoms with Crippen LogP contribution in [0, 0.1) is 0 Å². The van der Waals surface area contributed by atoms with E-state index in [1.807, 2.05) is 18.2 Å². The standard InChI is InChI=1S/C14H16N2O2/c1-9(2)11-8-12(16-15-11)10-4-3-5-13-14(10)18-7-6-17-13/h3-5,8-9H,6-7H2,1-2H3,(H,15,16). The van der Waals surface area contributed by atoms with Gasteiger partial charge in [0.05, 0.1) is 5.69 Å². The van der Waals surface area contributed by atoms with E-state index in [0.29, 0.717) is 19.1 Å². The maximum absolute atomic E-state index is 5.70. The summed E-state index contributed by atoms with van der Waals surface area (Å²) in [5, 5.41) is 7.42. The van der Waals surface area contributed by atoms with Gasteiger partial charge in [-0.3, -0.25) is 5.10 Å². The fraction of sp³-hybridized carbons (Fsp3) is 0.357. The fourth-order valence-electron chi connectivity index (χ4n) is 2.05. The Labute approximate surface area is 106 Å². The quantitative estimate of drug-likeness (QED) is 0.883. The van der Waals surface area contributed by atoms with Crippen LogP contribution in [0.25, 0.3) is 11.3 Å². The molecule has 0 atom stereocenters. The molecule has 0 saturated heterocycles. The van der Waals surface area contributed by atoms with Crippen LogP contribution in [-0.4, -0.2) is 23.4 Å². The Morgan fingerprint density at radius 1 is 1.22 bits per heavy atom. The average molecular weight is 244 g/mol. The van der Waals surface area contributed by atoms with Crippen molar-refractivity contribution in [3.8, 4) is 22.8 Å². The van der Waals surface area contributed by atoms with Gasteiger partial charge in [-0.15, -0.1) is 0 Å². The number of aromatic amines is 1. The van der Waals surface area contributed by atoms with Gasteiger partial charge in [0.2, 0.25) is 0 Å². The fourth-order valence-corrected chi connectivity index (χ4v) is 2.05. The molecule has 1 aromatic heterocycles. The van der Waals surface area contributed by atoms with Crippen molar-refractivity contribution in [1.82, 2.24) is 10.2 Å². The van der Waals surface area contributed by atoms with Crippen LogP contribution in [0.15, 0.2) is 24.3 Å². The minimum atomic E-state index is 0.433. The highest BCUT2D eigenvalue weighted by molar-refractivity contribution is 5.71. The van der Waals surface area contributed by atoms with Crippen LogP contribution in [0.1, 0.15) is 25.5 Å². The van der Waals surface area contributed by atoms with Crippen molar-refractivity contribution in [3.63, 3.8) is 0 Å². The van der Waals surface area contributed by atoms with E-state index in [4.69, 9.17) is 9.47 Å². The van der Waals surface area contributed by atoms with Crippen LogP contribution in [0.2, 0.25) is 0 Å². The summed E-state index contributed by atoms with van der Waals surface area (Å²) in [6.45, 7) is 5.47. The molecule has 2 aromatic rings. The van der Waals surface area contributed by atoms with E-state index in [9.17, 15) is 0 Å². The van der Waals surface area contributed by atoms with E-state index in [2.05, 4.69) is 30.1 Å². The summed E-state index contributed by atoms with van der Waals surface area (Å²) in [7, 11) is 0. The number of hydrogen-bond acceptors (Lipinski definition) is 3. The molecule has 1 N–H and O–H groups in total. The SMILES string of the molecule is CC(C)c1cc(-c2cccc3c2OCCO3)n[nH]1. The summed E-state index contributed by atoms with van der Waals surface area (Å²) in [6.07, 6.45) is 0. The number of nitrogens with one attached hydrogen (secondary N) is 1. The Morgan fingerprint density at radius 2 is 2.06 bits per heavy atom. The molecule has 4 heteroatoms. The van der Waals surface area contributed by atoms with Gasteiger partial charge in [0.1, 0.15) is 13.2 Å². The molecular formula is C14H16N2O2. The predicted octanol–water partition coefficient (Wildman–Crippen LogP) is 2.97. The number of para-hydroxylation sites is 1. The lowest BCUT2D eigenvalue weighted by molar-refractivity contribution is 0.172. The average Bonchev–Trinajstić information content (AvgIpc) is 2.87. The van der Waals surface area contributed by atoms with Crippen molar-refractivity contribution in [1.29, 1.82) is 0 Å². The first kappa shape index (κ1) is 11.1. The molecule has 0 saturated carbocycles. The van der Waals surface area contributed by atoms with Crippen molar-refractivity contribution in [2.45, 2.75) is 19.8 Å². The molecule has 0 radical (unpaired) electrons. The zero-order chi connectivity index (χ0) is 12.5. The van der Waals surface area contributed by atoms with E-state index in [-0.39, 0.29) is 0 Å². The van der Waals surface area contributed by atoms with Gasteiger partial charge in [-0.2, -0.15) is 5.10 Å². The first-order valence-corrected chi connectivity index (χ1v) is 6.20. The molecule has 3 rings (SSSR count). The highest BCUT2D eigenvalue weighted by atomic mass is 16.6. The largest absolute Gasteiger partial charge is 0.486 e. The summed E-state index contributed by atoms with van der Waals surface area (Å²) in [4.78, 5) is 0. The molecular weight excluding hydrogens is 228 g/mol. The molecule has 0 spiro atoms. The Kier molecular flexibility index (Phi) is 2.70. The summed E-state index contributed by atoms with van der Waals surface area (Å²) in [5.74, 6) is 2.03. The lowest BCUT2D eigenvalue weighted by Crippen LogP contribution is -2.15. The van der Waals surface area contributed by atoms with Crippen LogP contribution in [0.5, 0.6) is 11.5 Å². The van der Waals surface area contributed by atoms with E-state index < -0.39 is 0 Å². The number of benzene rings is 1. The second-order valence-electron chi connectivity index (χ2n) is 4.69. The molecule has 0 amide bonds. The minimum Gasteiger partial charge on any atom is -0.486 e. The molecule has 18 heavy (non-hydrogen) atoms. The highest BCUT2D eigenvalue weighted by Crippen LogP contribution is 2.39. The zero-order valence-electron chi connectivity index (χ0n) is 10.6. The number of nitrogens with zero attached hydrogens (tertiary/aromatic N) is 1. The lowest BCUT2D eigenvalue weighted by Gasteiger charge is -2.20. The summed E-state index contributed by atoms with van der Waals surface area (Å²) < 4.78 is 11.3. The Bertz CT molecular complexity index is 561. The molecule has 0 fully saturated rings. The number of ether oxygens (including phenoxy) is 2. The topological polar surface area (TPSA) is 47.1 Å². The third-order valence-electron chi connectivity index (χ3n) is 3.06. The Morgan fingerprint density at radius 3 is 2.83 bits per heavy atom. The number of rotatable bonds is 2. The maximum Gasteiger partial charge on any atom is 0.170 e. The molecule has 1 aliphatic rings. The smallest absolute Gasteiger partial charge is 0.170 e. The monoisotopic (exact) mass is 244 g/mol. The van der Waals surface area contributed by atoms with Crippen LogP contribution < -0.4 is 9.47 Å². The number of aromatic nitrogens is 2. The molecule has 2 heterocycles. The van der Waals surface area contributed by atoms with Gasteiger partial charge < -0.3 is 9.47 Å². The van der Waals surface area contributed by atoms with E-state index in [1.165, 1.54) is 0 Å². The Hall–Kier alpha value is -1.97. The van der Waals surface area contributed by atoms with Crippen molar-refractivity contribution < 1.29 is 9.47 Å². The molecule has 0 unspecified atom stereocenters. The Balaban J connectivity index is 2.05. The van der Waals surface area contributed by atoms with Gasteiger partial charge in [0, 0.05) is 11.3 Å². The third kappa shape index (κ3) is 1.83. The van der Waals surface area contributed by atoms with Gasteiger partial charge in [-0.1, -0.05) is 19.9 Å². The molecule has 0 aliphatic carbocycles. The second kappa shape index (κ2) is 4.37. The van der Waals surface area contributed by atoms with Gasteiger partial charge in [-0.25, -0.2) is 0 Å². The number of hydrogen-bond donors (Lipinski definition) is 1. The van der Waals surface area contributed by atoms with Crippen molar-refractivity contribution in [2.75, 3.05) is 13.2 Å². The lowest BCUT2D eigenvalue weighted by atomic mass is 10.1. The van der Waals surface area contributed by atoms with Crippen molar-refractivity contribution in [3.05, 3.63) is 30.0 Å².